The van der Waals surface area contributed by atoms with Crippen LogP contribution < -0.4 is 0 Å². The zero-order valence-corrected chi connectivity index (χ0v) is 19.7. The van der Waals surface area contributed by atoms with E-state index in [9.17, 15) is 14.4 Å². The van der Waals surface area contributed by atoms with Crippen molar-refractivity contribution < 1.29 is 33.7 Å². The van der Waals surface area contributed by atoms with Crippen LogP contribution in [-0.2, 0) is 28.6 Å². The van der Waals surface area contributed by atoms with Crippen LogP contribution in [0.25, 0.3) is 0 Å². The van der Waals surface area contributed by atoms with Crippen LogP contribution in [0.15, 0.2) is 23.8 Å². The number of rotatable bonds is 9. The molecule has 0 saturated heterocycles. The number of esters is 1. The van der Waals surface area contributed by atoms with Gasteiger partial charge in [-0.1, -0.05) is 25.5 Å². The van der Waals surface area contributed by atoms with Crippen molar-refractivity contribution >= 4 is 17.5 Å². The highest BCUT2D eigenvalue weighted by molar-refractivity contribution is 6.01. The number of fused-ring (bicyclic) bond motifs is 5. The number of ether oxygens (including phenoxy) is 3. The summed E-state index contributed by atoms with van der Waals surface area (Å²) in [7, 11) is 0. The molecule has 7 heteroatoms. The number of aliphatic hydroxyl groups is 1. The van der Waals surface area contributed by atoms with Crippen LogP contribution in [0.3, 0.4) is 0 Å². The molecule has 4 aliphatic rings. The lowest BCUT2D eigenvalue weighted by molar-refractivity contribution is -0.159. The van der Waals surface area contributed by atoms with Gasteiger partial charge in [0, 0.05) is 11.3 Å². The average Bonchev–Trinajstić information content (AvgIpc) is 3.15. The molecule has 7 nitrogen and oxygen atoms in total. The van der Waals surface area contributed by atoms with Crippen molar-refractivity contribution in [1.82, 2.24) is 0 Å². The van der Waals surface area contributed by atoms with Gasteiger partial charge < -0.3 is 19.3 Å². The Morgan fingerprint density at radius 1 is 1.09 bits per heavy atom. The molecule has 4 rings (SSSR count). The topological polar surface area (TPSA) is 99.1 Å². The summed E-state index contributed by atoms with van der Waals surface area (Å²) in [4.78, 5) is 36.9. The van der Waals surface area contributed by atoms with Gasteiger partial charge in [0.1, 0.15) is 20.0 Å². The summed E-state index contributed by atoms with van der Waals surface area (Å²) in [5.41, 5.74) is 1.17. The molecule has 0 amide bonds. The Morgan fingerprint density at radius 3 is 2.70 bits per heavy atom. The molecule has 0 bridgehead atoms. The Bertz CT molecular complexity index is 846. The predicted octanol–water partition coefficient (Wildman–Crippen LogP) is 3.01. The Kier molecular flexibility index (Phi) is 7.22. The van der Waals surface area contributed by atoms with Crippen molar-refractivity contribution in [3.05, 3.63) is 23.8 Å². The highest BCUT2D eigenvalue weighted by Gasteiger charge is 2.59. The van der Waals surface area contributed by atoms with Crippen LogP contribution in [0, 0.1) is 34.5 Å². The van der Waals surface area contributed by atoms with Crippen LogP contribution in [0.4, 0.5) is 0 Å². The van der Waals surface area contributed by atoms with E-state index in [1.807, 2.05) is 6.08 Å². The Labute approximate surface area is 195 Å². The molecule has 0 unspecified atom stereocenters. The van der Waals surface area contributed by atoms with Gasteiger partial charge in [-0.15, -0.1) is 0 Å². The van der Waals surface area contributed by atoms with Crippen LogP contribution in [0.5, 0.6) is 0 Å². The van der Waals surface area contributed by atoms with E-state index in [0.717, 1.165) is 38.5 Å². The van der Waals surface area contributed by atoms with Crippen molar-refractivity contribution in [3.63, 3.8) is 0 Å². The summed E-state index contributed by atoms with van der Waals surface area (Å²) in [6.07, 6.45) is 11.7. The van der Waals surface area contributed by atoms with Gasteiger partial charge in [0.05, 0.1) is 13.2 Å². The number of aliphatic hydroxyl groups excluding tert-OH is 1. The molecule has 0 aromatic heterocycles. The van der Waals surface area contributed by atoms with E-state index in [2.05, 4.69) is 19.9 Å². The van der Waals surface area contributed by atoms with Gasteiger partial charge in [-0.05, 0) is 73.8 Å². The molecule has 0 aromatic carbocycles. The molecule has 182 valence electrons. The smallest absolute Gasteiger partial charge is 0.332 e. The quantitative estimate of drug-likeness (QED) is 0.321. The van der Waals surface area contributed by atoms with Crippen molar-refractivity contribution in [2.75, 3.05) is 33.2 Å². The van der Waals surface area contributed by atoms with E-state index in [1.54, 1.807) is 6.08 Å². The maximum atomic E-state index is 13.1. The van der Waals surface area contributed by atoms with E-state index in [-0.39, 0.29) is 61.5 Å². The summed E-state index contributed by atoms with van der Waals surface area (Å²) in [5, 5.41) is 8.64. The minimum Gasteiger partial charge on any atom is -0.456 e. The average molecular weight is 461 g/mol. The first-order valence-electron chi connectivity index (χ1n) is 12.2. The molecule has 0 aliphatic heterocycles. The lowest BCUT2D eigenvalue weighted by atomic mass is 9.47. The second-order valence-electron chi connectivity index (χ2n) is 10.5. The molecule has 3 fully saturated rings. The fourth-order valence-electron chi connectivity index (χ4n) is 7.33. The number of hydrogen-bond donors (Lipinski definition) is 1. The lowest BCUT2D eigenvalue weighted by Crippen LogP contribution is -2.50. The summed E-state index contributed by atoms with van der Waals surface area (Å²) >= 11 is 0. The fourth-order valence-corrected chi connectivity index (χ4v) is 7.33. The van der Waals surface area contributed by atoms with Gasteiger partial charge in [0.15, 0.2) is 11.6 Å². The zero-order valence-electron chi connectivity index (χ0n) is 19.7. The highest BCUT2D eigenvalue weighted by atomic mass is 16.7. The van der Waals surface area contributed by atoms with Crippen LogP contribution in [-0.4, -0.2) is 55.9 Å². The van der Waals surface area contributed by atoms with Gasteiger partial charge in [0.25, 0.3) is 0 Å². The van der Waals surface area contributed by atoms with Crippen molar-refractivity contribution in [1.29, 1.82) is 0 Å². The third-order valence-corrected chi connectivity index (χ3v) is 8.94. The van der Waals surface area contributed by atoms with Crippen LogP contribution >= 0.6 is 0 Å². The number of ketones is 2. The van der Waals surface area contributed by atoms with Gasteiger partial charge in [-0.2, -0.15) is 0 Å². The summed E-state index contributed by atoms with van der Waals surface area (Å²) in [6.45, 7) is 3.98. The van der Waals surface area contributed by atoms with E-state index in [4.69, 9.17) is 19.3 Å². The molecule has 0 aromatic rings. The number of carbonyl (C=O) groups is 3. The first-order valence-corrected chi connectivity index (χ1v) is 12.2. The maximum Gasteiger partial charge on any atom is 0.332 e. The number of carbonyl (C=O) groups excluding carboxylic acids is 3. The number of allylic oxidation sites excluding steroid dienone is 4. The minimum absolute atomic E-state index is 0.00842. The molecular formula is C26H36O7. The number of hydrogen-bond acceptors (Lipinski definition) is 7. The predicted molar refractivity (Wildman–Crippen MR) is 120 cm³/mol. The molecule has 4 aliphatic carbocycles. The van der Waals surface area contributed by atoms with Gasteiger partial charge in [-0.25, -0.2) is 4.79 Å². The standard InChI is InChI=1S/C26H36O7/c1-25-9-7-18(28)13-17(25)3-4-19-20-5-6-22(26(20,2)10-8-21(19)25)23(29)14-33-24(30)15-32-16-31-12-11-27/h7,9,13,19-22,27H,3-6,8,10-12,14-16H2,1-2H3/t19-,20-,21-,22+,25-,26-/m0/s1. The Hall–Kier alpha value is -1.83. The summed E-state index contributed by atoms with van der Waals surface area (Å²) < 4.78 is 15.1. The molecule has 0 heterocycles. The van der Waals surface area contributed by atoms with Crippen LogP contribution in [0.1, 0.15) is 52.4 Å². The molecule has 33 heavy (non-hydrogen) atoms. The van der Waals surface area contributed by atoms with E-state index < -0.39 is 5.97 Å². The largest absolute Gasteiger partial charge is 0.456 e. The molecule has 0 spiro atoms. The third-order valence-electron chi connectivity index (χ3n) is 8.94. The van der Waals surface area contributed by atoms with Crippen molar-refractivity contribution in [2.45, 2.75) is 52.4 Å². The van der Waals surface area contributed by atoms with E-state index >= 15 is 0 Å². The monoisotopic (exact) mass is 460 g/mol. The third kappa shape index (κ3) is 4.60. The zero-order chi connectivity index (χ0) is 23.6. The van der Waals surface area contributed by atoms with Crippen molar-refractivity contribution in [3.8, 4) is 0 Å². The number of Topliss-reactive ketones (excluding diaryl/α,β-unsaturated/α-hetero) is 1. The van der Waals surface area contributed by atoms with Gasteiger partial charge >= 0.3 is 5.97 Å². The Morgan fingerprint density at radius 2 is 1.91 bits per heavy atom. The summed E-state index contributed by atoms with van der Waals surface area (Å²) in [6, 6.07) is 0. The Balaban J connectivity index is 1.34. The van der Waals surface area contributed by atoms with E-state index in [0.29, 0.717) is 17.8 Å². The van der Waals surface area contributed by atoms with E-state index in [1.165, 1.54) is 5.57 Å². The van der Waals surface area contributed by atoms with Crippen molar-refractivity contribution in [2.24, 2.45) is 34.5 Å². The first-order chi connectivity index (χ1) is 15.8. The highest BCUT2D eigenvalue weighted by Crippen LogP contribution is 2.66. The second kappa shape index (κ2) is 9.80. The molecule has 0 radical (unpaired) electrons. The fraction of sp³-hybridized carbons (Fsp3) is 0.731. The molecular weight excluding hydrogens is 424 g/mol. The first kappa shape index (κ1) is 24.3. The molecule has 1 N–H and O–H groups in total. The lowest BCUT2D eigenvalue weighted by Gasteiger charge is -2.56. The normalized spacial score (nSPS) is 37.1. The summed E-state index contributed by atoms with van der Waals surface area (Å²) in [5.74, 6) is 0.987. The second-order valence-corrected chi connectivity index (χ2v) is 10.5. The SMILES string of the molecule is C[C@]12CC[C@H]3[C@@H](CCC4=CC(=O)C=C[C@@]43C)[C@@H]1CC[C@@H]2C(=O)COC(=O)COCOCCO. The molecule has 6 atom stereocenters. The van der Waals surface area contributed by atoms with Crippen LogP contribution in [0.2, 0.25) is 0 Å². The maximum absolute atomic E-state index is 13.1. The minimum atomic E-state index is -0.586. The van der Waals surface area contributed by atoms with Gasteiger partial charge in [0.2, 0.25) is 0 Å². The molecule has 3 saturated carbocycles. The van der Waals surface area contributed by atoms with Gasteiger partial charge in [-0.3, -0.25) is 9.59 Å².